The van der Waals surface area contributed by atoms with Gasteiger partial charge in [-0.3, -0.25) is 4.98 Å². The van der Waals surface area contributed by atoms with E-state index in [1.807, 2.05) is 54.7 Å². The van der Waals surface area contributed by atoms with E-state index in [2.05, 4.69) is 18.8 Å². The molecule has 0 unspecified atom stereocenters. The molecule has 2 nitrogen and oxygen atoms in total. The summed E-state index contributed by atoms with van der Waals surface area (Å²) in [7, 11) is 0. The summed E-state index contributed by atoms with van der Waals surface area (Å²) in [4.78, 5) is 4.33. The van der Waals surface area contributed by atoms with E-state index < -0.39 is 5.60 Å². The third kappa shape index (κ3) is 3.45. The lowest BCUT2D eigenvalue weighted by molar-refractivity contribution is -0.0202. The summed E-state index contributed by atoms with van der Waals surface area (Å²) in [6, 6.07) is 16.0. The molecule has 1 N–H and O–H groups in total. The van der Waals surface area contributed by atoms with Crippen molar-refractivity contribution in [2.75, 3.05) is 0 Å². The van der Waals surface area contributed by atoms with Crippen LogP contribution in [0.15, 0.2) is 54.7 Å². The Kier molecular flexibility index (Phi) is 4.91. The van der Waals surface area contributed by atoms with E-state index in [4.69, 9.17) is 0 Å². The Balaban J connectivity index is 2.03. The van der Waals surface area contributed by atoms with Gasteiger partial charge in [0.05, 0.1) is 5.60 Å². The zero-order chi connectivity index (χ0) is 14.4. The van der Waals surface area contributed by atoms with Gasteiger partial charge in [0.1, 0.15) is 0 Å². The number of rotatable bonds is 6. The van der Waals surface area contributed by atoms with E-state index >= 15 is 0 Å². The lowest BCUT2D eigenvalue weighted by Crippen LogP contribution is -2.32. The van der Waals surface area contributed by atoms with Crippen LogP contribution in [0.4, 0.5) is 0 Å². The second kappa shape index (κ2) is 6.67. The maximum absolute atomic E-state index is 11.0. The van der Waals surface area contributed by atoms with Crippen LogP contribution in [0.5, 0.6) is 0 Å². The number of benzene rings is 1. The number of nitrogens with zero attached hydrogens (tertiary/aromatic N) is 1. The number of hydrogen-bond donors (Lipinski definition) is 1. The summed E-state index contributed by atoms with van der Waals surface area (Å²) in [5.74, 6) is 0.189. The van der Waals surface area contributed by atoms with Crippen LogP contribution in [0.2, 0.25) is 0 Å². The molecule has 1 heterocycles. The Bertz CT molecular complexity index is 509. The molecule has 2 rings (SSSR count). The van der Waals surface area contributed by atoms with E-state index in [1.165, 1.54) is 0 Å². The van der Waals surface area contributed by atoms with Crippen LogP contribution in [0, 0.1) is 5.92 Å². The normalized spacial score (nSPS) is 14.2. The highest BCUT2D eigenvalue weighted by Crippen LogP contribution is 2.34. The van der Waals surface area contributed by atoms with Gasteiger partial charge in [0, 0.05) is 11.9 Å². The second-order valence-corrected chi connectivity index (χ2v) is 5.62. The first-order valence-corrected chi connectivity index (χ1v) is 7.31. The largest absolute Gasteiger partial charge is 0.385 e. The zero-order valence-electron chi connectivity index (χ0n) is 12.3. The van der Waals surface area contributed by atoms with Crippen LogP contribution in [0.1, 0.15) is 37.9 Å². The van der Waals surface area contributed by atoms with Gasteiger partial charge in [-0.25, -0.2) is 0 Å². The summed E-state index contributed by atoms with van der Waals surface area (Å²) >= 11 is 0. The molecule has 0 fully saturated rings. The van der Waals surface area contributed by atoms with Crippen LogP contribution in [0.3, 0.4) is 0 Å². The van der Waals surface area contributed by atoms with Gasteiger partial charge in [-0.15, -0.1) is 0 Å². The molecule has 0 radical (unpaired) electrons. The smallest absolute Gasteiger partial charge is 0.0919 e. The van der Waals surface area contributed by atoms with E-state index in [0.29, 0.717) is 0 Å². The van der Waals surface area contributed by atoms with Gasteiger partial charge < -0.3 is 5.11 Å². The maximum Gasteiger partial charge on any atom is 0.0919 e. The highest BCUT2D eigenvalue weighted by atomic mass is 16.3. The first-order chi connectivity index (χ1) is 9.63. The zero-order valence-corrected chi connectivity index (χ0v) is 12.3. The number of pyridine rings is 1. The molecule has 0 aliphatic rings. The van der Waals surface area contributed by atoms with Gasteiger partial charge in [-0.05, 0) is 42.9 Å². The Morgan fingerprint density at radius 2 is 1.75 bits per heavy atom. The summed E-state index contributed by atoms with van der Waals surface area (Å²) in [6.45, 7) is 4.15. The lowest BCUT2D eigenvalue weighted by atomic mass is 9.79. The average Bonchev–Trinajstić information content (AvgIpc) is 2.49. The quantitative estimate of drug-likeness (QED) is 0.861. The minimum atomic E-state index is -0.754. The highest BCUT2D eigenvalue weighted by Gasteiger charge is 2.32. The first kappa shape index (κ1) is 14.7. The molecule has 0 amide bonds. The predicted octanol–water partition coefficient (Wildman–Crippen LogP) is 3.95. The summed E-state index contributed by atoms with van der Waals surface area (Å²) in [5.41, 5.74) is 1.35. The van der Waals surface area contributed by atoms with Crippen molar-refractivity contribution in [2.24, 2.45) is 5.92 Å². The molecular weight excluding hydrogens is 246 g/mol. The van der Waals surface area contributed by atoms with Crippen molar-refractivity contribution in [1.29, 1.82) is 0 Å². The third-order valence-corrected chi connectivity index (χ3v) is 3.95. The monoisotopic (exact) mass is 269 g/mol. The number of aromatic nitrogens is 1. The second-order valence-electron chi connectivity index (χ2n) is 5.62. The van der Waals surface area contributed by atoms with Crippen molar-refractivity contribution < 1.29 is 5.11 Å². The first-order valence-electron chi connectivity index (χ1n) is 7.31. The van der Waals surface area contributed by atoms with Crippen molar-refractivity contribution in [3.05, 3.63) is 66.0 Å². The fourth-order valence-electron chi connectivity index (χ4n) is 2.58. The van der Waals surface area contributed by atoms with Crippen molar-refractivity contribution in [2.45, 2.75) is 38.7 Å². The van der Waals surface area contributed by atoms with Gasteiger partial charge in [-0.2, -0.15) is 0 Å². The topological polar surface area (TPSA) is 33.1 Å². The molecule has 0 bridgehead atoms. The van der Waals surface area contributed by atoms with E-state index in [9.17, 15) is 5.11 Å². The number of hydrogen-bond acceptors (Lipinski definition) is 2. The third-order valence-electron chi connectivity index (χ3n) is 3.95. The highest BCUT2D eigenvalue weighted by molar-refractivity contribution is 5.23. The van der Waals surface area contributed by atoms with Crippen molar-refractivity contribution in [3.8, 4) is 0 Å². The van der Waals surface area contributed by atoms with Crippen molar-refractivity contribution in [1.82, 2.24) is 4.98 Å². The lowest BCUT2D eigenvalue weighted by Gasteiger charge is -2.33. The number of aryl methyl sites for hydroxylation is 1. The minimum absolute atomic E-state index is 0.189. The Morgan fingerprint density at radius 3 is 2.35 bits per heavy atom. The molecule has 0 aliphatic carbocycles. The van der Waals surface area contributed by atoms with Crippen molar-refractivity contribution >= 4 is 0 Å². The van der Waals surface area contributed by atoms with E-state index in [0.717, 1.165) is 30.5 Å². The van der Waals surface area contributed by atoms with Gasteiger partial charge in [0.2, 0.25) is 0 Å². The van der Waals surface area contributed by atoms with Crippen LogP contribution in [0.25, 0.3) is 0 Å². The van der Waals surface area contributed by atoms with Gasteiger partial charge in [-0.1, -0.05) is 50.2 Å². The van der Waals surface area contributed by atoms with Crippen LogP contribution in [-0.2, 0) is 12.0 Å². The van der Waals surface area contributed by atoms with E-state index in [-0.39, 0.29) is 5.92 Å². The number of aliphatic hydroxyl groups is 1. The molecular formula is C18H23NO. The Labute approximate surface area is 121 Å². The molecule has 20 heavy (non-hydrogen) atoms. The molecule has 0 saturated carbocycles. The Morgan fingerprint density at radius 1 is 1.05 bits per heavy atom. The van der Waals surface area contributed by atoms with Crippen molar-refractivity contribution in [3.63, 3.8) is 0 Å². The summed E-state index contributed by atoms with van der Waals surface area (Å²) < 4.78 is 0. The van der Waals surface area contributed by atoms with Crippen LogP contribution >= 0.6 is 0 Å². The predicted molar refractivity (Wildman–Crippen MR) is 82.4 cm³/mol. The maximum atomic E-state index is 11.0. The summed E-state index contributed by atoms with van der Waals surface area (Å²) in [6.07, 6.45) is 4.41. The fraction of sp³-hybridized carbons (Fsp3) is 0.389. The molecule has 2 heteroatoms. The van der Waals surface area contributed by atoms with E-state index in [1.54, 1.807) is 0 Å². The molecule has 1 aromatic carbocycles. The molecule has 1 aromatic heterocycles. The summed E-state index contributed by atoms with van der Waals surface area (Å²) in [5, 5.41) is 11.0. The van der Waals surface area contributed by atoms with Gasteiger partial charge in [0.15, 0.2) is 0 Å². The molecule has 0 aliphatic heterocycles. The molecule has 0 spiro atoms. The van der Waals surface area contributed by atoms with Gasteiger partial charge in [0.25, 0.3) is 0 Å². The minimum Gasteiger partial charge on any atom is -0.385 e. The Hall–Kier alpha value is -1.67. The van der Waals surface area contributed by atoms with Crippen LogP contribution in [-0.4, -0.2) is 10.1 Å². The molecule has 106 valence electrons. The van der Waals surface area contributed by atoms with Crippen LogP contribution < -0.4 is 0 Å². The standard InChI is InChI=1S/C18H23NO/c1-15(2)18(20,16-9-4-3-5-10-16)13-8-12-17-11-6-7-14-19-17/h3-7,9-11,14-15,20H,8,12-13H2,1-2H3/t18-/m1/s1. The molecule has 2 aromatic rings. The SMILES string of the molecule is CC(C)[C@](O)(CCCc1ccccn1)c1ccccc1. The van der Waals surface area contributed by atoms with Gasteiger partial charge >= 0.3 is 0 Å². The average molecular weight is 269 g/mol. The molecule has 1 atom stereocenters. The molecule has 0 saturated heterocycles. The fourth-order valence-corrected chi connectivity index (χ4v) is 2.58.